The van der Waals surface area contributed by atoms with E-state index in [1.54, 1.807) is 7.11 Å². The second-order valence-corrected chi connectivity index (χ2v) is 5.53. The molecule has 3 aromatic rings. The van der Waals surface area contributed by atoms with E-state index >= 15 is 0 Å². The third kappa shape index (κ3) is 3.72. The number of aromatic nitrogens is 2. The predicted molar refractivity (Wildman–Crippen MR) is 93.3 cm³/mol. The Labute approximate surface area is 140 Å². The summed E-state index contributed by atoms with van der Waals surface area (Å²) in [7, 11) is 1.66. The van der Waals surface area contributed by atoms with E-state index in [-0.39, 0.29) is 5.91 Å². The maximum Gasteiger partial charge on any atom is 0.225 e. The molecular formula is C18H20N4O2. The zero-order chi connectivity index (χ0) is 16.9. The number of nitrogens with one attached hydrogen (secondary N) is 1. The number of imidazole rings is 1. The van der Waals surface area contributed by atoms with E-state index in [1.807, 2.05) is 53.2 Å². The number of carbonyl (C=O) groups is 1. The molecule has 2 heterocycles. The molecule has 3 rings (SSSR count). The lowest BCUT2D eigenvalue weighted by molar-refractivity contribution is -0.116. The summed E-state index contributed by atoms with van der Waals surface area (Å²) in [5.41, 5.74) is 9.04. The van der Waals surface area contributed by atoms with Gasteiger partial charge in [0.15, 0.2) is 0 Å². The molecule has 0 aliphatic rings. The Morgan fingerprint density at radius 1 is 1.29 bits per heavy atom. The minimum atomic E-state index is -0.0893. The molecule has 6 nitrogen and oxygen atoms in total. The van der Waals surface area contributed by atoms with Gasteiger partial charge in [0.1, 0.15) is 11.4 Å². The molecule has 1 aromatic carbocycles. The van der Waals surface area contributed by atoms with Crippen molar-refractivity contribution in [1.82, 2.24) is 9.38 Å². The lowest BCUT2D eigenvalue weighted by Gasteiger charge is -2.04. The Balaban J connectivity index is 1.79. The van der Waals surface area contributed by atoms with Crippen LogP contribution in [0.5, 0.6) is 5.75 Å². The normalized spacial score (nSPS) is 10.8. The molecule has 0 aliphatic carbocycles. The largest absolute Gasteiger partial charge is 0.497 e. The Morgan fingerprint density at radius 2 is 2.17 bits per heavy atom. The monoisotopic (exact) mass is 324 g/mol. The van der Waals surface area contributed by atoms with Gasteiger partial charge in [0.25, 0.3) is 0 Å². The lowest BCUT2D eigenvalue weighted by atomic mass is 10.1. The van der Waals surface area contributed by atoms with Gasteiger partial charge in [0.05, 0.1) is 18.5 Å². The molecule has 0 radical (unpaired) electrons. The number of rotatable bonds is 6. The Hall–Kier alpha value is -2.86. The Morgan fingerprint density at radius 3 is 2.96 bits per heavy atom. The molecule has 124 valence electrons. The van der Waals surface area contributed by atoms with Crippen LogP contribution in [0.4, 0.5) is 5.69 Å². The highest BCUT2D eigenvalue weighted by Crippen LogP contribution is 2.17. The van der Waals surface area contributed by atoms with Gasteiger partial charge in [-0.25, -0.2) is 4.98 Å². The summed E-state index contributed by atoms with van der Waals surface area (Å²) >= 11 is 0. The minimum absolute atomic E-state index is 0.0893. The number of hydrogen-bond acceptors (Lipinski definition) is 4. The minimum Gasteiger partial charge on any atom is -0.497 e. The standard InChI is InChI=1S/C18H20N4O2/c1-24-16-4-2-3-13(10-16)9-15-12-22-11-14(5-6-17(22)20-15)21-18(23)7-8-19/h2-6,10-12H,7-9,19H2,1H3,(H,21,23). The molecule has 24 heavy (non-hydrogen) atoms. The fourth-order valence-electron chi connectivity index (χ4n) is 2.55. The van der Waals surface area contributed by atoms with Crippen LogP contribution in [-0.2, 0) is 11.2 Å². The van der Waals surface area contributed by atoms with Crippen LogP contribution >= 0.6 is 0 Å². The number of benzene rings is 1. The van der Waals surface area contributed by atoms with Gasteiger partial charge < -0.3 is 20.2 Å². The Kier molecular flexibility index (Phi) is 4.77. The summed E-state index contributed by atoms with van der Waals surface area (Å²) in [6, 6.07) is 11.7. The van der Waals surface area contributed by atoms with Crippen LogP contribution in [-0.4, -0.2) is 28.9 Å². The molecule has 0 atom stereocenters. The van der Waals surface area contributed by atoms with E-state index in [2.05, 4.69) is 10.3 Å². The van der Waals surface area contributed by atoms with E-state index in [9.17, 15) is 4.79 Å². The number of pyridine rings is 1. The topological polar surface area (TPSA) is 81.7 Å². The van der Waals surface area contributed by atoms with Crippen molar-refractivity contribution in [3.8, 4) is 5.75 Å². The highest BCUT2D eigenvalue weighted by Gasteiger charge is 2.06. The lowest BCUT2D eigenvalue weighted by Crippen LogP contribution is -2.16. The molecule has 0 fully saturated rings. The average Bonchev–Trinajstić information content (AvgIpc) is 2.96. The van der Waals surface area contributed by atoms with E-state index in [0.29, 0.717) is 19.4 Å². The fraction of sp³-hybridized carbons (Fsp3) is 0.222. The van der Waals surface area contributed by atoms with E-state index < -0.39 is 0 Å². The first-order chi connectivity index (χ1) is 11.7. The first kappa shape index (κ1) is 16.0. The fourth-order valence-corrected chi connectivity index (χ4v) is 2.55. The highest BCUT2D eigenvalue weighted by atomic mass is 16.5. The first-order valence-corrected chi connectivity index (χ1v) is 7.78. The maximum absolute atomic E-state index is 11.6. The summed E-state index contributed by atoms with van der Waals surface area (Å²) in [5.74, 6) is 0.745. The van der Waals surface area contributed by atoms with Crippen molar-refractivity contribution in [2.45, 2.75) is 12.8 Å². The zero-order valence-corrected chi connectivity index (χ0v) is 13.5. The van der Waals surface area contributed by atoms with Gasteiger partial charge >= 0.3 is 0 Å². The van der Waals surface area contributed by atoms with Crippen LogP contribution in [0.2, 0.25) is 0 Å². The number of carbonyl (C=O) groups excluding carboxylic acids is 1. The van der Waals surface area contributed by atoms with Crippen molar-refractivity contribution in [3.05, 3.63) is 60.0 Å². The van der Waals surface area contributed by atoms with Gasteiger partial charge in [-0.2, -0.15) is 0 Å². The molecule has 2 aromatic heterocycles. The molecule has 0 bridgehead atoms. The van der Waals surface area contributed by atoms with Gasteiger partial charge in [-0.3, -0.25) is 4.79 Å². The van der Waals surface area contributed by atoms with Gasteiger partial charge in [-0.05, 0) is 29.8 Å². The third-order valence-electron chi connectivity index (χ3n) is 3.68. The number of amides is 1. The average molecular weight is 324 g/mol. The van der Waals surface area contributed by atoms with Gasteiger partial charge in [-0.1, -0.05) is 12.1 Å². The molecule has 0 saturated heterocycles. The number of fused-ring (bicyclic) bond motifs is 1. The third-order valence-corrected chi connectivity index (χ3v) is 3.68. The first-order valence-electron chi connectivity index (χ1n) is 7.78. The number of methoxy groups -OCH3 is 1. The number of hydrogen-bond donors (Lipinski definition) is 2. The highest BCUT2D eigenvalue weighted by molar-refractivity contribution is 5.90. The van der Waals surface area contributed by atoms with Crippen LogP contribution in [0.3, 0.4) is 0 Å². The molecule has 6 heteroatoms. The van der Waals surface area contributed by atoms with Crippen LogP contribution in [0.1, 0.15) is 17.7 Å². The molecule has 0 saturated carbocycles. The van der Waals surface area contributed by atoms with Crippen molar-refractivity contribution >= 4 is 17.2 Å². The SMILES string of the molecule is COc1cccc(Cc2cn3cc(NC(=O)CCN)ccc3n2)c1. The van der Waals surface area contributed by atoms with E-state index in [1.165, 1.54) is 0 Å². The van der Waals surface area contributed by atoms with Crippen molar-refractivity contribution in [1.29, 1.82) is 0 Å². The quantitative estimate of drug-likeness (QED) is 0.728. The zero-order valence-electron chi connectivity index (χ0n) is 13.5. The molecule has 0 unspecified atom stereocenters. The molecule has 1 amide bonds. The molecular weight excluding hydrogens is 304 g/mol. The van der Waals surface area contributed by atoms with Crippen LogP contribution in [0, 0.1) is 0 Å². The molecule has 3 N–H and O–H groups in total. The molecule has 0 aliphatic heterocycles. The van der Waals surface area contributed by atoms with Crippen molar-refractivity contribution in [3.63, 3.8) is 0 Å². The van der Waals surface area contributed by atoms with E-state index in [4.69, 9.17) is 10.5 Å². The van der Waals surface area contributed by atoms with Gasteiger partial charge in [0, 0.05) is 31.8 Å². The predicted octanol–water partition coefficient (Wildman–Crippen LogP) is 2.22. The van der Waals surface area contributed by atoms with Crippen LogP contribution in [0.15, 0.2) is 48.8 Å². The second kappa shape index (κ2) is 7.14. The smallest absolute Gasteiger partial charge is 0.225 e. The maximum atomic E-state index is 11.6. The number of ether oxygens (including phenoxy) is 1. The number of anilines is 1. The number of nitrogens with zero attached hydrogens (tertiary/aromatic N) is 2. The summed E-state index contributed by atoms with van der Waals surface area (Å²) in [6.07, 6.45) is 4.84. The molecule has 0 spiro atoms. The van der Waals surface area contributed by atoms with Crippen LogP contribution < -0.4 is 15.8 Å². The van der Waals surface area contributed by atoms with Crippen LogP contribution in [0.25, 0.3) is 5.65 Å². The van der Waals surface area contributed by atoms with Crippen molar-refractivity contribution < 1.29 is 9.53 Å². The summed E-state index contributed by atoms with van der Waals surface area (Å²) in [5, 5.41) is 2.82. The number of nitrogens with two attached hydrogens (primary N) is 1. The summed E-state index contributed by atoms with van der Waals surface area (Å²) in [6.45, 7) is 0.337. The van der Waals surface area contributed by atoms with Crippen molar-refractivity contribution in [2.24, 2.45) is 5.73 Å². The van der Waals surface area contributed by atoms with E-state index in [0.717, 1.165) is 28.3 Å². The summed E-state index contributed by atoms with van der Waals surface area (Å²) in [4.78, 5) is 16.2. The Bertz CT molecular complexity index is 857. The second-order valence-electron chi connectivity index (χ2n) is 5.53. The van der Waals surface area contributed by atoms with Gasteiger partial charge in [-0.15, -0.1) is 0 Å². The summed E-state index contributed by atoms with van der Waals surface area (Å²) < 4.78 is 7.16. The van der Waals surface area contributed by atoms with Crippen molar-refractivity contribution in [2.75, 3.05) is 19.0 Å². The van der Waals surface area contributed by atoms with Gasteiger partial charge in [0.2, 0.25) is 5.91 Å².